The summed E-state index contributed by atoms with van der Waals surface area (Å²) in [5.41, 5.74) is 2.19. The number of ketones is 1. The number of likely N-dealkylation sites (N-methyl/N-ethyl adjacent to an activating group) is 1. The maximum atomic E-state index is 13.8. The first kappa shape index (κ1) is 18.0. The van der Waals surface area contributed by atoms with Crippen LogP contribution in [0.3, 0.4) is 0 Å². The van der Waals surface area contributed by atoms with Crippen LogP contribution in [0.25, 0.3) is 0 Å². The van der Waals surface area contributed by atoms with Crippen molar-refractivity contribution in [2.24, 2.45) is 11.8 Å². The fourth-order valence-corrected chi connectivity index (χ4v) is 6.08. The SMILES string of the molecule is C/C=C1\CN(C)CCC23C(=O)CC1C1COC(O)C(=O)N(c4ccccc42)C13. The highest BCUT2D eigenvalue weighted by Gasteiger charge is 2.65. The number of Topliss-reactive ketones (excluding diaryl/α,β-unsaturated/α-hetero) is 1. The molecule has 148 valence electrons. The van der Waals surface area contributed by atoms with E-state index in [1.54, 1.807) is 4.90 Å². The summed E-state index contributed by atoms with van der Waals surface area (Å²) in [4.78, 5) is 30.8. The van der Waals surface area contributed by atoms with Crippen LogP contribution in [0.15, 0.2) is 35.9 Å². The fraction of sp³-hybridized carbons (Fsp3) is 0.545. The normalized spacial score (nSPS) is 39.2. The smallest absolute Gasteiger partial charge is 0.284 e. The topological polar surface area (TPSA) is 70.1 Å². The highest BCUT2D eigenvalue weighted by atomic mass is 16.6. The largest absolute Gasteiger partial charge is 0.360 e. The maximum absolute atomic E-state index is 13.8. The molecule has 1 N–H and O–H groups in total. The molecule has 5 unspecified atom stereocenters. The van der Waals surface area contributed by atoms with Crippen molar-refractivity contribution in [2.45, 2.75) is 37.5 Å². The van der Waals surface area contributed by atoms with E-state index in [4.69, 9.17) is 4.74 Å². The number of hydrogen-bond acceptors (Lipinski definition) is 5. The number of carbonyl (C=O) groups is 2. The molecule has 6 heteroatoms. The quantitative estimate of drug-likeness (QED) is 0.689. The number of para-hydroxylation sites is 1. The standard InChI is InChI=1S/C22H26N2O4/c1-3-13-11-23(2)9-8-22-16-6-4-5-7-17(16)24-19(22)15(14(13)10-18(22)25)12-28-21(27)20(24)26/h3-7,14-15,19,21,27H,8-12H2,1-2H3/b13-3+. The average molecular weight is 382 g/mol. The van der Waals surface area contributed by atoms with Gasteiger partial charge in [0.2, 0.25) is 6.29 Å². The van der Waals surface area contributed by atoms with Gasteiger partial charge in [-0.1, -0.05) is 29.8 Å². The van der Waals surface area contributed by atoms with E-state index >= 15 is 0 Å². The van der Waals surface area contributed by atoms with Crippen LogP contribution < -0.4 is 4.90 Å². The van der Waals surface area contributed by atoms with Gasteiger partial charge in [-0.05, 0) is 44.5 Å². The van der Waals surface area contributed by atoms with Crippen molar-refractivity contribution in [3.05, 3.63) is 41.5 Å². The minimum absolute atomic E-state index is 0.0195. The van der Waals surface area contributed by atoms with Gasteiger partial charge in [-0.3, -0.25) is 9.59 Å². The van der Waals surface area contributed by atoms with Crippen LogP contribution in [-0.4, -0.2) is 60.8 Å². The van der Waals surface area contributed by atoms with E-state index in [0.717, 1.165) is 24.3 Å². The lowest BCUT2D eigenvalue weighted by molar-refractivity contribution is -0.154. The van der Waals surface area contributed by atoms with Gasteiger partial charge in [0.1, 0.15) is 5.78 Å². The Hall–Kier alpha value is -2.02. The van der Waals surface area contributed by atoms with Gasteiger partial charge in [0.05, 0.1) is 18.1 Å². The second kappa shape index (κ2) is 6.24. The minimum atomic E-state index is -1.48. The Morgan fingerprint density at radius 2 is 2.07 bits per heavy atom. The molecule has 0 aromatic heterocycles. The molecule has 28 heavy (non-hydrogen) atoms. The Bertz CT molecular complexity index is 881. The summed E-state index contributed by atoms with van der Waals surface area (Å²) >= 11 is 0. The number of aliphatic hydroxyl groups excluding tert-OH is 1. The van der Waals surface area contributed by atoms with Crippen molar-refractivity contribution in [1.29, 1.82) is 0 Å². The Morgan fingerprint density at radius 3 is 2.86 bits per heavy atom. The highest BCUT2D eigenvalue weighted by Crippen LogP contribution is 2.57. The van der Waals surface area contributed by atoms with Crippen molar-refractivity contribution >= 4 is 17.4 Å². The summed E-state index contributed by atoms with van der Waals surface area (Å²) in [6.07, 6.45) is 1.77. The molecule has 1 saturated carbocycles. The van der Waals surface area contributed by atoms with Crippen LogP contribution in [0, 0.1) is 11.8 Å². The average Bonchev–Trinajstić information content (AvgIpc) is 2.97. The molecule has 6 nitrogen and oxygen atoms in total. The molecule has 3 aliphatic heterocycles. The number of benzene rings is 1. The third-order valence-corrected chi connectivity index (χ3v) is 7.34. The first-order valence-electron chi connectivity index (χ1n) is 10.1. The van der Waals surface area contributed by atoms with Gasteiger partial charge in [0, 0.05) is 24.6 Å². The van der Waals surface area contributed by atoms with Gasteiger partial charge in [-0.15, -0.1) is 0 Å². The molecule has 3 fully saturated rings. The molecule has 5 rings (SSSR count). The molecule has 5 atom stereocenters. The zero-order valence-corrected chi connectivity index (χ0v) is 16.3. The van der Waals surface area contributed by atoms with E-state index in [1.165, 1.54) is 5.57 Å². The number of aliphatic hydroxyl groups is 1. The molecule has 2 bridgehead atoms. The lowest BCUT2D eigenvalue weighted by atomic mass is 9.57. The van der Waals surface area contributed by atoms with Gasteiger partial charge in [-0.2, -0.15) is 0 Å². The van der Waals surface area contributed by atoms with E-state index in [0.29, 0.717) is 12.8 Å². The molecular weight excluding hydrogens is 356 g/mol. The number of ether oxygens (including phenoxy) is 1. The molecule has 1 amide bonds. The number of hydrogen-bond donors (Lipinski definition) is 1. The molecule has 1 aliphatic carbocycles. The number of nitrogens with zero attached hydrogens (tertiary/aromatic N) is 2. The van der Waals surface area contributed by atoms with Crippen LogP contribution in [-0.2, 0) is 19.7 Å². The van der Waals surface area contributed by atoms with Gasteiger partial charge in [-0.25, -0.2) is 0 Å². The van der Waals surface area contributed by atoms with E-state index in [-0.39, 0.29) is 30.3 Å². The fourth-order valence-electron chi connectivity index (χ4n) is 6.08. The summed E-state index contributed by atoms with van der Waals surface area (Å²) in [5, 5.41) is 10.3. The van der Waals surface area contributed by atoms with E-state index in [1.807, 2.05) is 31.2 Å². The number of amides is 1. The Kier molecular flexibility index (Phi) is 4.02. The first-order valence-corrected chi connectivity index (χ1v) is 10.1. The number of allylic oxidation sites excluding steroid dienone is 1. The van der Waals surface area contributed by atoms with Crippen molar-refractivity contribution in [1.82, 2.24) is 4.90 Å². The molecule has 1 aromatic rings. The molecular formula is C22H26N2O4. The van der Waals surface area contributed by atoms with Crippen LogP contribution in [0.5, 0.6) is 0 Å². The van der Waals surface area contributed by atoms with E-state index in [9.17, 15) is 14.7 Å². The van der Waals surface area contributed by atoms with Crippen molar-refractivity contribution < 1.29 is 19.4 Å². The Balaban J connectivity index is 1.79. The van der Waals surface area contributed by atoms with Crippen molar-refractivity contribution in [3.8, 4) is 0 Å². The second-order valence-electron chi connectivity index (χ2n) is 8.58. The first-order chi connectivity index (χ1) is 13.5. The van der Waals surface area contributed by atoms with Crippen molar-refractivity contribution in [2.75, 3.05) is 31.6 Å². The predicted octanol–water partition coefficient (Wildman–Crippen LogP) is 1.48. The van der Waals surface area contributed by atoms with Crippen LogP contribution in [0.4, 0.5) is 5.69 Å². The van der Waals surface area contributed by atoms with Gasteiger partial charge in [0.25, 0.3) is 5.91 Å². The third kappa shape index (κ3) is 2.19. The number of fused-ring (bicyclic) bond motifs is 5. The summed E-state index contributed by atoms with van der Waals surface area (Å²) in [6, 6.07) is 7.42. The second-order valence-corrected chi connectivity index (χ2v) is 8.58. The third-order valence-electron chi connectivity index (χ3n) is 7.34. The maximum Gasteiger partial charge on any atom is 0.284 e. The number of anilines is 1. The van der Waals surface area contributed by atoms with E-state index < -0.39 is 17.6 Å². The molecule has 2 saturated heterocycles. The van der Waals surface area contributed by atoms with Crippen LogP contribution >= 0.6 is 0 Å². The van der Waals surface area contributed by atoms with Gasteiger partial charge < -0.3 is 19.6 Å². The molecule has 1 spiro atoms. The number of rotatable bonds is 0. The van der Waals surface area contributed by atoms with Crippen LogP contribution in [0.1, 0.15) is 25.3 Å². The zero-order chi connectivity index (χ0) is 19.6. The van der Waals surface area contributed by atoms with Gasteiger partial charge in [0.15, 0.2) is 0 Å². The predicted molar refractivity (Wildman–Crippen MR) is 104 cm³/mol. The summed E-state index contributed by atoms with van der Waals surface area (Å²) in [7, 11) is 2.09. The highest BCUT2D eigenvalue weighted by molar-refractivity contribution is 6.06. The lowest BCUT2D eigenvalue weighted by Gasteiger charge is -2.47. The Labute approximate surface area is 164 Å². The zero-order valence-electron chi connectivity index (χ0n) is 16.3. The molecule has 1 aromatic carbocycles. The minimum Gasteiger partial charge on any atom is -0.360 e. The van der Waals surface area contributed by atoms with Crippen LogP contribution in [0.2, 0.25) is 0 Å². The van der Waals surface area contributed by atoms with Crippen molar-refractivity contribution in [3.63, 3.8) is 0 Å². The Morgan fingerprint density at radius 1 is 1.29 bits per heavy atom. The monoisotopic (exact) mass is 382 g/mol. The molecule has 4 aliphatic rings. The summed E-state index contributed by atoms with van der Waals surface area (Å²) < 4.78 is 5.61. The molecule has 0 radical (unpaired) electrons. The van der Waals surface area contributed by atoms with Gasteiger partial charge >= 0.3 is 0 Å². The summed E-state index contributed by atoms with van der Waals surface area (Å²) in [6.45, 7) is 3.89. The lowest BCUT2D eigenvalue weighted by Crippen LogP contribution is -2.61. The molecule has 3 heterocycles. The number of carbonyl (C=O) groups excluding carboxylic acids is 2. The van der Waals surface area contributed by atoms with E-state index in [2.05, 4.69) is 18.0 Å². The summed E-state index contributed by atoms with van der Waals surface area (Å²) in [5.74, 6) is -0.243.